The fourth-order valence-corrected chi connectivity index (χ4v) is 9.19. The molecule has 0 fully saturated rings. The molecule has 0 bridgehead atoms. The standard InChI is InChI=1S/C50H35BN2O/c1-50(2,3)33-25-31(24-32(26-33)44-27-30(22-23-52-44)29-12-5-4-6-13-29)43-21-20-38-34-14-7-8-15-35(34)40-28-42-45(49(54)46(40)48(38)53-43)39-18-11-17-37-36-16-9-10-19-41(36)51(42)47(37)39/h4-28,54H,1-3H3. The Balaban J connectivity index is 1.16. The number of phenols is 1. The highest BCUT2D eigenvalue weighted by Gasteiger charge is 2.43. The van der Waals surface area contributed by atoms with Gasteiger partial charge in [0.05, 0.1) is 22.3 Å². The normalized spacial score (nSPS) is 12.8. The number of benzene rings is 7. The Hall–Kier alpha value is -6.52. The molecule has 1 N–H and O–H groups in total. The lowest BCUT2D eigenvalue weighted by atomic mass is 9.41. The zero-order valence-corrected chi connectivity index (χ0v) is 30.4. The molecule has 2 aromatic heterocycles. The van der Waals surface area contributed by atoms with Crippen LogP contribution in [-0.2, 0) is 5.41 Å². The maximum Gasteiger partial charge on any atom is 0.244 e. The molecule has 254 valence electrons. The largest absolute Gasteiger partial charge is 0.507 e. The number of nitrogens with zero attached hydrogens (tertiary/aromatic N) is 2. The van der Waals surface area contributed by atoms with E-state index in [-0.39, 0.29) is 12.1 Å². The molecule has 2 aliphatic heterocycles. The number of phenolic OH excluding ortho intramolecular Hbond substituents is 1. The first-order valence-electron chi connectivity index (χ1n) is 18.7. The third-order valence-corrected chi connectivity index (χ3v) is 11.8. The second kappa shape index (κ2) is 11.2. The summed E-state index contributed by atoms with van der Waals surface area (Å²) in [6.07, 6.45) is 1.90. The third kappa shape index (κ3) is 4.43. The van der Waals surface area contributed by atoms with E-state index in [1.807, 2.05) is 12.3 Å². The van der Waals surface area contributed by atoms with Crippen LogP contribution in [0.5, 0.6) is 5.75 Å². The van der Waals surface area contributed by atoms with Crippen LogP contribution in [0.25, 0.3) is 88.3 Å². The number of rotatable bonds is 3. The van der Waals surface area contributed by atoms with Crippen molar-refractivity contribution >= 4 is 55.5 Å². The van der Waals surface area contributed by atoms with Gasteiger partial charge in [0.15, 0.2) is 0 Å². The molecule has 0 unspecified atom stereocenters. The summed E-state index contributed by atoms with van der Waals surface area (Å²) in [7, 11) is 0. The molecule has 0 saturated heterocycles. The minimum absolute atomic E-state index is 0.0963. The van der Waals surface area contributed by atoms with Gasteiger partial charge in [0, 0.05) is 28.3 Å². The molecule has 3 nitrogen and oxygen atoms in total. The summed E-state index contributed by atoms with van der Waals surface area (Å²) >= 11 is 0. The first kappa shape index (κ1) is 31.1. The van der Waals surface area contributed by atoms with Crippen molar-refractivity contribution in [2.45, 2.75) is 26.2 Å². The molecule has 0 aliphatic carbocycles. The van der Waals surface area contributed by atoms with Gasteiger partial charge in [-0.3, -0.25) is 4.98 Å². The van der Waals surface area contributed by atoms with E-state index >= 15 is 0 Å². The van der Waals surface area contributed by atoms with Crippen LogP contribution in [0.3, 0.4) is 0 Å². The maximum atomic E-state index is 12.6. The second-order valence-electron chi connectivity index (χ2n) is 15.9. The molecule has 9 aromatic rings. The Kier molecular flexibility index (Phi) is 6.47. The van der Waals surface area contributed by atoms with Gasteiger partial charge < -0.3 is 5.11 Å². The first-order valence-corrected chi connectivity index (χ1v) is 18.7. The van der Waals surface area contributed by atoms with E-state index in [9.17, 15) is 5.11 Å². The zero-order chi connectivity index (χ0) is 36.3. The summed E-state index contributed by atoms with van der Waals surface area (Å²) in [5.41, 5.74) is 16.5. The number of hydrogen-bond donors (Lipinski definition) is 1. The molecule has 11 rings (SSSR count). The van der Waals surface area contributed by atoms with E-state index in [0.717, 1.165) is 77.2 Å². The quantitative estimate of drug-likeness (QED) is 0.148. The summed E-state index contributed by atoms with van der Waals surface area (Å²) < 4.78 is 0. The highest BCUT2D eigenvalue weighted by molar-refractivity contribution is 7.02. The lowest BCUT2D eigenvalue weighted by molar-refractivity contribution is 0.484. The van der Waals surface area contributed by atoms with Gasteiger partial charge in [-0.2, -0.15) is 0 Å². The van der Waals surface area contributed by atoms with Crippen LogP contribution in [-0.4, -0.2) is 21.8 Å². The molecular formula is C50H35BN2O. The van der Waals surface area contributed by atoms with Crippen molar-refractivity contribution in [1.29, 1.82) is 0 Å². The summed E-state index contributed by atoms with van der Waals surface area (Å²) in [6, 6.07) is 52.0. The van der Waals surface area contributed by atoms with E-state index in [0.29, 0.717) is 5.75 Å². The smallest absolute Gasteiger partial charge is 0.244 e. The monoisotopic (exact) mass is 690 g/mol. The van der Waals surface area contributed by atoms with E-state index in [4.69, 9.17) is 9.97 Å². The fourth-order valence-electron chi connectivity index (χ4n) is 9.19. The first-order chi connectivity index (χ1) is 26.3. The summed E-state index contributed by atoms with van der Waals surface area (Å²) in [5.74, 6) is 0.314. The van der Waals surface area contributed by atoms with Crippen molar-refractivity contribution in [3.05, 3.63) is 157 Å². The number of hydrogen-bond acceptors (Lipinski definition) is 3. The van der Waals surface area contributed by atoms with Crippen molar-refractivity contribution in [3.8, 4) is 61.6 Å². The van der Waals surface area contributed by atoms with Gasteiger partial charge in [0.25, 0.3) is 0 Å². The topological polar surface area (TPSA) is 46.0 Å². The third-order valence-electron chi connectivity index (χ3n) is 11.8. The van der Waals surface area contributed by atoms with Crippen molar-refractivity contribution in [3.63, 3.8) is 0 Å². The maximum absolute atomic E-state index is 12.6. The van der Waals surface area contributed by atoms with Gasteiger partial charge in [-0.15, -0.1) is 0 Å². The van der Waals surface area contributed by atoms with Gasteiger partial charge >= 0.3 is 0 Å². The second-order valence-corrected chi connectivity index (χ2v) is 15.9. The van der Waals surface area contributed by atoms with Crippen molar-refractivity contribution in [2.75, 3.05) is 0 Å². The highest BCUT2D eigenvalue weighted by Crippen LogP contribution is 2.46. The predicted molar refractivity (Wildman–Crippen MR) is 227 cm³/mol. The Morgan fingerprint density at radius 1 is 0.519 bits per heavy atom. The molecule has 54 heavy (non-hydrogen) atoms. The van der Waals surface area contributed by atoms with Crippen molar-refractivity contribution in [1.82, 2.24) is 9.97 Å². The minimum Gasteiger partial charge on any atom is -0.507 e. The molecule has 0 saturated carbocycles. The SMILES string of the molecule is CC(C)(C)c1cc(-c2cc(-c3ccccc3)ccn2)cc(-c2ccc3c4ccccc4c4cc5c(c(O)c4c3n2)-c2cccc3c2B5c2ccccc2-3)c1. The molecule has 0 spiro atoms. The van der Waals surface area contributed by atoms with Crippen LogP contribution >= 0.6 is 0 Å². The van der Waals surface area contributed by atoms with Crippen LogP contribution in [0.2, 0.25) is 0 Å². The molecule has 7 aromatic carbocycles. The molecule has 0 atom stereocenters. The van der Waals surface area contributed by atoms with Gasteiger partial charge in [0.2, 0.25) is 6.71 Å². The Labute approximate surface area is 314 Å². The van der Waals surface area contributed by atoms with E-state index < -0.39 is 0 Å². The zero-order valence-electron chi connectivity index (χ0n) is 30.4. The lowest BCUT2D eigenvalue weighted by Gasteiger charge is -2.22. The minimum atomic E-state index is -0.104. The average Bonchev–Trinajstić information content (AvgIpc) is 3.73. The molecule has 4 heterocycles. The Morgan fingerprint density at radius 3 is 2.04 bits per heavy atom. The molecule has 0 radical (unpaired) electrons. The van der Waals surface area contributed by atoms with Crippen LogP contribution in [0.1, 0.15) is 26.3 Å². The number of aromatic hydroxyl groups is 1. The molecule has 4 heteroatoms. The highest BCUT2D eigenvalue weighted by atomic mass is 16.3. The summed E-state index contributed by atoms with van der Waals surface area (Å²) in [4.78, 5) is 10.4. The van der Waals surface area contributed by atoms with Crippen LogP contribution < -0.4 is 16.4 Å². The van der Waals surface area contributed by atoms with Gasteiger partial charge in [-0.25, -0.2) is 4.98 Å². The Morgan fingerprint density at radius 2 is 1.22 bits per heavy atom. The lowest BCUT2D eigenvalue weighted by Crippen LogP contribution is -2.45. The Bertz CT molecular complexity index is 3050. The van der Waals surface area contributed by atoms with Crippen LogP contribution in [0.4, 0.5) is 0 Å². The average molecular weight is 691 g/mol. The van der Waals surface area contributed by atoms with Gasteiger partial charge in [-0.1, -0.05) is 140 Å². The predicted octanol–water partition coefficient (Wildman–Crippen LogP) is 10.4. The van der Waals surface area contributed by atoms with Gasteiger partial charge in [-0.05, 0) is 97.4 Å². The van der Waals surface area contributed by atoms with Crippen LogP contribution in [0, 0.1) is 0 Å². The fraction of sp³-hybridized carbons (Fsp3) is 0.0800. The summed E-state index contributed by atoms with van der Waals surface area (Å²) in [6.45, 7) is 6.84. The number of pyridine rings is 2. The van der Waals surface area contributed by atoms with Gasteiger partial charge in [0.1, 0.15) is 5.75 Å². The number of fused-ring (bicyclic) bond motifs is 12. The van der Waals surface area contributed by atoms with E-state index in [1.54, 1.807) is 0 Å². The molecule has 0 amide bonds. The summed E-state index contributed by atoms with van der Waals surface area (Å²) in [5, 5.41) is 17.8. The van der Waals surface area contributed by atoms with E-state index in [1.165, 1.54) is 33.1 Å². The van der Waals surface area contributed by atoms with Crippen molar-refractivity contribution in [2.24, 2.45) is 0 Å². The molecular weight excluding hydrogens is 655 g/mol. The van der Waals surface area contributed by atoms with Crippen molar-refractivity contribution < 1.29 is 5.11 Å². The molecule has 2 aliphatic rings. The number of aromatic nitrogens is 2. The van der Waals surface area contributed by atoms with Crippen LogP contribution in [0.15, 0.2) is 152 Å². The van der Waals surface area contributed by atoms with E-state index in [2.05, 4.69) is 160 Å².